The summed E-state index contributed by atoms with van der Waals surface area (Å²) in [6.07, 6.45) is 6.14. The Morgan fingerprint density at radius 2 is 1.93 bits per heavy atom. The van der Waals surface area contributed by atoms with Crippen molar-refractivity contribution in [3.05, 3.63) is 48.0 Å². The number of nitrogens with zero attached hydrogens (tertiary/aromatic N) is 3. The van der Waals surface area contributed by atoms with Crippen molar-refractivity contribution in [3.8, 4) is 0 Å². The van der Waals surface area contributed by atoms with Crippen molar-refractivity contribution in [2.24, 2.45) is 0 Å². The molecule has 0 saturated carbocycles. The maximum Gasteiger partial charge on any atom is 0.222 e. The van der Waals surface area contributed by atoms with Gasteiger partial charge >= 0.3 is 0 Å². The van der Waals surface area contributed by atoms with Gasteiger partial charge in [0, 0.05) is 32.1 Å². The molecule has 0 amide bonds. The van der Waals surface area contributed by atoms with Crippen LogP contribution in [0, 0.1) is 0 Å². The van der Waals surface area contributed by atoms with Crippen molar-refractivity contribution in [3.63, 3.8) is 0 Å². The highest BCUT2D eigenvalue weighted by molar-refractivity contribution is 5.26. The minimum absolute atomic E-state index is 0.654. The van der Waals surface area contributed by atoms with Crippen LogP contribution in [0.3, 0.4) is 0 Å². The third-order valence-corrected chi connectivity index (χ3v) is 2.07. The summed E-state index contributed by atoms with van der Waals surface area (Å²) in [4.78, 5) is 12.4. The Morgan fingerprint density at radius 3 is 2.67 bits per heavy atom. The Balaban J connectivity index is 2.17. The van der Waals surface area contributed by atoms with Crippen LogP contribution in [0.4, 0.5) is 5.95 Å². The molecule has 2 aromatic heterocycles. The predicted octanol–water partition coefficient (Wildman–Crippen LogP) is 1.50. The number of anilines is 1. The van der Waals surface area contributed by atoms with Crippen LogP contribution in [0.2, 0.25) is 0 Å². The summed E-state index contributed by atoms with van der Waals surface area (Å²) in [7, 11) is 1.81. The van der Waals surface area contributed by atoms with Gasteiger partial charge in [0.2, 0.25) is 5.95 Å². The molecule has 0 unspecified atom stereocenters. The molecule has 2 heterocycles. The van der Waals surface area contributed by atoms with Gasteiger partial charge in [0.05, 0.1) is 5.69 Å². The Kier molecular flexibility index (Phi) is 2.88. The summed E-state index contributed by atoms with van der Waals surface area (Å²) < 4.78 is 0. The quantitative estimate of drug-likeness (QED) is 0.815. The third-order valence-electron chi connectivity index (χ3n) is 2.07. The van der Waals surface area contributed by atoms with Crippen LogP contribution in [-0.2, 0) is 6.42 Å². The first-order valence-electron chi connectivity index (χ1n) is 4.77. The molecule has 0 fully saturated rings. The first-order chi connectivity index (χ1) is 7.38. The van der Waals surface area contributed by atoms with E-state index in [-0.39, 0.29) is 0 Å². The van der Waals surface area contributed by atoms with E-state index in [0.29, 0.717) is 5.95 Å². The van der Waals surface area contributed by atoms with Gasteiger partial charge in [-0.15, -0.1) is 0 Å². The fraction of sp³-hybridized carbons (Fsp3) is 0.182. The van der Waals surface area contributed by atoms with Gasteiger partial charge in [-0.1, -0.05) is 0 Å². The van der Waals surface area contributed by atoms with E-state index in [1.165, 1.54) is 5.56 Å². The normalized spacial score (nSPS) is 9.93. The zero-order chi connectivity index (χ0) is 10.5. The Hall–Kier alpha value is -1.97. The van der Waals surface area contributed by atoms with Gasteiger partial charge in [0.1, 0.15) is 0 Å². The van der Waals surface area contributed by atoms with Gasteiger partial charge in [-0.3, -0.25) is 4.98 Å². The Morgan fingerprint density at radius 1 is 1.13 bits per heavy atom. The summed E-state index contributed by atoms with van der Waals surface area (Å²) in [6.45, 7) is 0. The molecule has 4 heteroatoms. The number of nitrogens with one attached hydrogen (secondary N) is 1. The molecule has 2 aromatic rings. The largest absolute Gasteiger partial charge is 0.357 e. The molecule has 76 valence electrons. The van der Waals surface area contributed by atoms with E-state index in [9.17, 15) is 0 Å². The van der Waals surface area contributed by atoms with Gasteiger partial charge in [-0.2, -0.15) is 0 Å². The van der Waals surface area contributed by atoms with E-state index < -0.39 is 0 Å². The average molecular weight is 200 g/mol. The van der Waals surface area contributed by atoms with Crippen molar-refractivity contribution < 1.29 is 0 Å². The molecule has 4 nitrogen and oxygen atoms in total. The second-order valence-corrected chi connectivity index (χ2v) is 3.15. The van der Waals surface area contributed by atoms with E-state index in [0.717, 1.165) is 12.1 Å². The summed E-state index contributed by atoms with van der Waals surface area (Å²) in [5.74, 6) is 0.654. The highest BCUT2D eigenvalue weighted by atomic mass is 15.1. The fourth-order valence-corrected chi connectivity index (χ4v) is 1.32. The predicted molar refractivity (Wildman–Crippen MR) is 58.6 cm³/mol. The highest BCUT2D eigenvalue weighted by Crippen LogP contribution is 2.06. The smallest absolute Gasteiger partial charge is 0.222 e. The molecule has 15 heavy (non-hydrogen) atoms. The fourth-order valence-electron chi connectivity index (χ4n) is 1.32. The second kappa shape index (κ2) is 4.50. The average Bonchev–Trinajstić information content (AvgIpc) is 2.31. The third kappa shape index (κ3) is 2.49. The van der Waals surface area contributed by atoms with Crippen molar-refractivity contribution in [2.45, 2.75) is 6.42 Å². The molecule has 0 spiro atoms. The van der Waals surface area contributed by atoms with E-state index in [2.05, 4.69) is 20.3 Å². The van der Waals surface area contributed by atoms with Gasteiger partial charge < -0.3 is 5.32 Å². The van der Waals surface area contributed by atoms with E-state index in [1.54, 1.807) is 18.6 Å². The lowest BCUT2D eigenvalue weighted by molar-refractivity contribution is 1.02. The van der Waals surface area contributed by atoms with Gasteiger partial charge in [0.25, 0.3) is 0 Å². The Bertz CT molecular complexity index is 428. The van der Waals surface area contributed by atoms with Crippen molar-refractivity contribution >= 4 is 5.95 Å². The van der Waals surface area contributed by atoms with Crippen molar-refractivity contribution in [1.29, 1.82) is 0 Å². The van der Waals surface area contributed by atoms with Crippen molar-refractivity contribution in [1.82, 2.24) is 15.0 Å². The van der Waals surface area contributed by atoms with Crippen LogP contribution in [0.5, 0.6) is 0 Å². The number of hydrogen-bond donors (Lipinski definition) is 1. The molecule has 0 atom stereocenters. The standard InChI is InChI=1S/C11H12N4/c1-12-11-14-7-4-10(15-11)8-9-2-5-13-6-3-9/h2-7H,8H2,1H3,(H,12,14,15). The molecule has 0 aromatic carbocycles. The lowest BCUT2D eigenvalue weighted by Crippen LogP contribution is -1.99. The number of aromatic nitrogens is 3. The molecule has 0 bridgehead atoms. The number of rotatable bonds is 3. The SMILES string of the molecule is CNc1nccc(Cc2ccncc2)n1. The monoisotopic (exact) mass is 200 g/mol. The maximum atomic E-state index is 4.34. The molecule has 0 aliphatic heterocycles. The van der Waals surface area contributed by atoms with Gasteiger partial charge in [-0.05, 0) is 23.8 Å². The maximum absolute atomic E-state index is 4.34. The van der Waals surface area contributed by atoms with Crippen LogP contribution >= 0.6 is 0 Å². The molecule has 0 saturated heterocycles. The van der Waals surface area contributed by atoms with E-state index in [1.807, 2.05) is 25.2 Å². The highest BCUT2D eigenvalue weighted by Gasteiger charge is 1.98. The molecule has 1 N–H and O–H groups in total. The topological polar surface area (TPSA) is 50.7 Å². The van der Waals surface area contributed by atoms with Crippen LogP contribution < -0.4 is 5.32 Å². The van der Waals surface area contributed by atoms with Crippen LogP contribution in [-0.4, -0.2) is 22.0 Å². The summed E-state index contributed by atoms with van der Waals surface area (Å²) >= 11 is 0. The number of hydrogen-bond acceptors (Lipinski definition) is 4. The van der Waals surface area contributed by atoms with Crippen LogP contribution in [0.15, 0.2) is 36.8 Å². The van der Waals surface area contributed by atoms with E-state index in [4.69, 9.17) is 0 Å². The summed E-state index contributed by atoms with van der Waals surface area (Å²) in [5, 5.41) is 2.92. The lowest BCUT2D eigenvalue weighted by atomic mass is 10.1. The second-order valence-electron chi connectivity index (χ2n) is 3.15. The molecule has 0 aliphatic rings. The molecule has 0 aliphatic carbocycles. The van der Waals surface area contributed by atoms with Crippen molar-refractivity contribution in [2.75, 3.05) is 12.4 Å². The van der Waals surface area contributed by atoms with Gasteiger partial charge in [0.15, 0.2) is 0 Å². The first kappa shape index (κ1) is 9.58. The number of pyridine rings is 1. The van der Waals surface area contributed by atoms with E-state index >= 15 is 0 Å². The van der Waals surface area contributed by atoms with Crippen LogP contribution in [0.1, 0.15) is 11.3 Å². The first-order valence-corrected chi connectivity index (χ1v) is 4.77. The van der Waals surface area contributed by atoms with Gasteiger partial charge in [-0.25, -0.2) is 9.97 Å². The van der Waals surface area contributed by atoms with Crippen LogP contribution in [0.25, 0.3) is 0 Å². The minimum atomic E-state index is 0.654. The summed E-state index contributed by atoms with van der Waals surface area (Å²) in [5.41, 5.74) is 2.20. The molecule has 0 radical (unpaired) electrons. The molecule has 2 rings (SSSR count). The molecular weight excluding hydrogens is 188 g/mol. The zero-order valence-electron chi connectivity index (χ0n) is 8.51. The summed E-state index contributed by atoms with van der Waals surface area (Å²) in [6, 6.07) is 5.89. The minimum Gasteiger partial charge on any atom is -0.357 e. The Labute approximate surface area is 88.4 Å². The zero-order valence-corrected chi connectivity index (χ0v) is 8.51. The molecular formula is C11H12N4. The lowest BCUT2D eigenvalue weighted by Gasteiger charge is -2.02.